The van der Waals surface area contributed by atoms with Crippen molar-refractivity contribution >= 4 is 5.91 Å². The smallest absolute Gasteiger partial charge is 0.220 e. The second-order valence-electron chi connectivity index (χ2n) is 17.0. The van der Waals surface area contributed by atoms with E-state index >= 15 is 0 Å². The molecule has 0 saturated heterocycles. The number of hydrogen-bond donors (Lipinski definition) is 4. The largest absolute Gasteiger partial charge is 0.394 e. The quantitative estimate of drug-likeness (QED) is 0.0366. The molecule has 0 aromatic rings. The lowest BCUT2D eigenvalue weighted by Gasteiger charge is -2.26. The van der Waals surface area contributed by atoms with E-state index in [9.17, 15) is 20.1 Å². The van der Waals surface area contributed by atoms with Crippen LogP contribution in [0.3, 0.4) is 0 Å². The number of rotatable bonds is 45. The average Bonchev–Trinajstić information content (AvgIpc) is 3.19. The predicted molar refractivity (Wildman–Crippen MR) is 241 cm³/mol. The van der Waals surface area contributed by atoms with Crippen LogP contribution in [0.2, 0.25) is 0 Å². The molecule has 5 nitrogen and oxygen atoms in total. The van der Waals surface area contributed by atoms with Gasteiger partial charge in [0.15, 0.2) is 0 Å². The van der Waals surface area contributed by atoms with Gasteiger partial charge in [-0.3, -0.25) is 4.79 Å². The molecule has 55 heavy (non-hydrogen) atoms. The number of nitrogens with one attached hydrogen (secondary N) is 1. The molecule has 0 radical (unpaired) electrons. The molecule has 0 aromatic heterocycles. The minimum absolute atomic E-state index is 0.157. The van der Waals surface area contributed by atoms with Gasteiger partial charge >= 0.3 is 0 Å². The monoisotopic (exact) mass is 776 g/mol. The van der Waals surface area contributed by atoms with E-state index < -0.39 is 18.2 Å². The van der Waals surface area contributed by atoms with Gasteiger partial charge in [-0.1, -0.05) is 237 Å². The lowest BCUT2D eigenvalue weighted by Crippen LogP contribution is -2.50. The molecule has 326 valence electrons. The van der Waals surface area contributed by atoms with Crippen molar-refractivity contribution in [2.75, 3.05) is 6.61 Å². The predicted octanol–water partition coefficient (Wildman–Crippen LogP) is 14.6. The number of carbonyl (C=O) groups is 1. The molecule has 0 aliphatic carbocycles. The Labute approximate surface area is 343 Å². The number of amides is 1. The minimum Gasteiger partial charge on any atom is -0.394 e. The molecule has 3 atom stereocenters. The van der Waals surface area contributed by atoms with Crippen LogP contribution in [0.15, 0.2) is 24.3 Å². The zero-order valence-corrected chi connectivity index (χ0v) is 37.1. The van der Waals surface area contributed by atoms with Crippen molar-refractivity contribution in [3.63, 3.8) is 0 Å². The summed E-state index contributed by atoms with van der Waals surface area (Å²) in [6.07, 6.45) is 56.4. The van der Waals surface area contributed by atoms with Gasteiger partial charge in [0.05, 0.1) is 18.8 Å². The number of aliphatic hydroxyl groups excluding tert-OH is 3. The van der Waals surface area contributed by atoms with Crippen molar-refractivity contribution in [3.05, 3.63) is 24.3 Å². The lowest BCUT2D eigenvalue weighted by atomic mass is 10.0. The van der Waals surface area contributed by atoms with Crippen molar-refractivity contribution in [1.29, 1.82) is 0 Å². The summed E-state index contributed by atoms with van der Waals surface area (Å²) in [4.78, 5) is 12.4. The van der Waals surface area contributed by atoms with Crippen molar-refractivity contribution in [3.8, 4) is 0 Å². The van der Waals surface area contributed by atoms with E-state index in [2.05, 4.69) is 43.5 Å². The first-order chi connectivity index (χ1) is 27.1. The Morgan fingerprint density at radius 2 is 0.782 bits per heavy atom. The first-order valence-electron chi connectivity index (χ1n) is 24.6. The van der Waals surface area contributed by atoms with Crippen LogP contribution in [0.5, 0.6) is 0 Å². The van der Waals surface area contributed by atoms with E-state index in [4.69, 9.17) is 0 Å². The van der Waals surface area contributed by atoms with Gasteiger partial charge in [-0.2, -0.15) is 0 Å². The highest BCUT2D eigenvalue weighted by atomic mass is 16.3. The third-order valence-electron chi connectivity index (χ3n) is 11.5. The van der Waals surface area contributed by atoms with Crippen LogP contribution in [0, 0.1) is 0 Å². The highest BCUT2D eigenvalue weighted by Crippen LogP contribution is 2.17. The van der Waals surface area contributed by atoms with Gasteiger partial charge in [0.25, 0.3) is 0 Å². The standard InChI is InChI=1S/C50H97NO4/c1-3-5-7-9-11-13-14-15-16-17-18-19-20-21-22-23-24-25-26-27-28-29-30-31-32-33-34-35-37-39-41-43-45-49(54)51-47(46-52)50(55)48(53)44-42-40-38-36-12-10-8-6-4-2/h6,8,36,38,47-48,50,52-53,55H,3-5,7,9-35,37,39-46H2,1-2H3,(H,51,54)/b8-6+,38-36+. The second-order valence-corrected chi connectivity index (χ2v) is 17.0. The fourth-order valence-corrected chi connectivity index (χ4v) is 7.78. The molecule has 0 fully saturated rings. The first-order valence-corrected chi connectivity index (χ1v) is 24.6. The lowest BCUT2D eigenvalue weighted by molar-refractivity contribution is -0.124. The molecule has 0 aromatic carbocycles. The molecular formula is C50H97NO4. The summed E-state index contributed by atoms with van der Waals surface area (Å²) in [6, 6.07) is -0.827. The summed E-state index contributed by atoms with van der Waals surface area (Å²) >= 11 is 0. The topological polar surface area (TPSA) is 89.8 Å². The van der Waals surface area contributed by atoms with Crippen molar-refractivity contribution in [2.45, 2.75) is 283 Å². The number of aliphatic hydroxyl groups is 3. The molecule has 4 N–H and O–H groups in total. The van der Waals surface area contributed by atoms with E-state index in [-0.39, 0.29) is 12.5 Å². The van der Waals surface area contributed by atoms with E-state index in [1.807, 2.05) is 0 Å². The summed E-state index contributed by atoms with van der Waals surface area (Å²) in [6.45, 7) is 4.05. The number of allylic oxidation sites excluding steroid dienone is 4. The van der Waals surface area contributed by atoms with E-state index in [0.717, 1.165) is 51.4 Å². The van der Waals surface area contributed by atoms with Gasteiger partial charge in [0.1, 0.15) is 6.10 Å². The van der Waals surface area contributed by atoms with Crippen LogP contribution in [-0.2, 0) is 4.79 Å². The van der Waals surface area contributed by atoms with Crippen LogP contribution in [0.1, 0.15) is 264 Å². The Kier molecular flexibility index (Phi) is 44.6. The third kappa shape index (κ3) is 40.8. The Morgan fingerprint density at radius 1 is 0.455 bits per heavy atom. The molecule has 0 rings (SSSR count). The van der Waals surface area contributed by atoms with Gasteiger partial charge in [0, 0.05) is 6.42 Å². The van der Waals surface area contributed by atoms with Crippen LogP contribution >= 0.6 is 0 Å². The Morgan fingerprint density at radius 3 is 1.13 bits per heavy atom. The Balaban J connectivity index is 3.42. The van der Waals surface area contributed by atoms with E-state index in [1.165, 1.54) is 186 Å². The molecule has 1 amide bonds. The molecule has 0 aliphatic rings. The summed E-state index contributed by atoms with van der Waals surface area (Å²) in [5, 5.41) is 33.3. The molecule has 0 bridgehead atoms. The molecule has 0 heterocycles. The molecular weight excluding hydrogens is 679 g/mol. The molecule has 5 heteroatoms. The van der Waals surface area contributed by atoms with Crippen LogP contribution in [0.4, 0.5) is 0 Å². The minimum atomic E-state index is -1.16. The van der Waals surface area contributed by atoms with Gasteiger partial charge in [0.2, 0.25) is 5.91 Å². The van der Waals surface area contributed by atoms with Gasteiger partial charge in [-0.25, -0.2) is 0 Å². The van der Waals surface area contributed by atoms with Crippen LogP contribution in [-0.4, -0.2) is 46.1 Å². The zero-order chi connectivity index (χ0) is 40.1. The normalized spacial score (nSPS) is 13.6. The summed E-state index contributed by atoms with van der Waals surface area (Å²) in [5.41, 5.74) is 0. The number of carbonyl (C=O) groups excluding carboxylic acids is 1. The number of unbranched alkanes of at least 4 members (excludes halogenated alkanes) is 33. The van der Waals surface area contributed by atoms with Gasteiger partial charge in [-0.05, 0) is 44.9 Å². The summed E-state index contributed by atoms with van der Waals surface area (Å²) < 4.78 is 0. The Hall–Kier alpha value is -1.17. The highest BCUT2D eigenvalue weighted by molar-refractivity contribution is 5.76. The first kappa shape index (κ1) is 53.8. The fraction of sp³-hybridized carbons (Fsp3) is 0.900. The van der Waals surface area contributed by atoms with Crippen molar-refractivity contribution in [2.24, 2.45) is 0 Å². The molecule has 0 aliphatic heterocycles. The van der Waals surface area contributed by atoms with Gasteiger partial charge < -0.3 is 20.6 Å². The highest BCUT2D eigenvalue weighted by Gasteiger charge is 2.26. The maximum Gasteiger partial charge on any atom is 0.220 e. The summed E-state index contributed by atoms with van der Waals surface area (Å²) in [5.74, 6) is -0.157. The Bertz CT molecular complexity index is 814. The molecule has 0 spiro atoms. The average molecular weight is 776 g/mol. The van der Waals surface area contributed by atoms with Crippen LogP contribution in [0.25, 0.3) is 0 Å². The van der Waals surface area contributed by atoms with Crippen molar-refractivity contribution < 1.29 is 20.1 Å². The maximum atomic E-state index is 12.4. The number of hydrogen-bond acceptors (Lipinski definition) is 4. The van der Waals surface area contributed by atoms with E-state index in [1.54, 1.807) is 0 Å². The SMILES string of the molecule is CC/C=C/CC/C=C/CCCC(O)C(O)C(CO)NC(=O)CCCCCCCCCCCCCCCCCCCCCCCCCCCCCCCCCC. The van der Waals surface area contributed by atoms with Crippen molar-refractivity contribution in [1.82, 2.24) is 5.32 Å². The second kappa shape index (κ2) is 45.5. The van der Waals surface area contributed by atoms with Gasteiger partial charge in [-0.15, -0.1) is 0 Å². The third-order valence-corrected chi connectivity index (χ3v) is 11.5. The van der Waals surface area contributed by atoms with E-state index in [0.29, 0.717) is 12.8 Å². The molecule has 3 unspecified atom stereocenters. The molecule has 0 saturated carbocycles. The summed E-state index contributed by atoms with van der Waals surface area (Å²) in [7, 11) is 0. The van der Waals surface area contributed by atoms with Crippen LogP contribution < -0.4 is 5.32 Å². The maximum absolute atomic E-state index is 12.4. The zero-order valence-electron chi connectivity index (χ0n) is 37.1. The fourth-order valence-electron chi connectivity index (χ4n) is 7.78.